The number of nitrogens with zero attached hydrogens (tertiary/aromatic N) is 1. The molecule has 0 bridgehead atoms. The molecule has 2 aromatic rings. The van der Waals surface area contributed by atoms with Crippen molar-refractivity contribution < 1.29 is 14.7 Å². The Bertz CT molecular complexity index is 766. The van der Waals surface area contributed by atoms with Crippen LogP contribution in [0.1, 0.15) is 56.1 Å². The van der Waals surface area contributed by atoms with E-state index in [-0.39, 0.29) is 11.8 Å². The van der Waals surface area contributed by atoms with Crippen molar-refractivity contribution in [3.8, 4) is 0 Å². The Labute approximate surface area is 142 Å². The fourth-order valence-corrected chi connectivity index (χ4v) is 2.37. The summed E-state index contributed by atoms with van der Waals surface area (Å²) in [6.45, 7) is 7.69. The van der Waals surface area contributed by atoms with Gasteiger partial charge in [0.1, 0.15) is 0 Å². The van der Waals surface area contributed by atoms with Gasteiger partial charge < -0.3 is 10.4 Å². The number of nitrogens with one attached hydrogen (secondary N) is 1. The number of carboxylic acids is 1. The molecule has 1 heterocycles. The van der Waals surface area contributed by atoms with Crippen molar-refractivity contribution in [3.63, 3.8) is 0 Å². The maximum absolute atomic E-state index is 12.6. The highest BCUT2D eigenvalue weighted by Gasteiger charge is 2.26. The van der Waals surface area contributed by atoms with Crippen molar-refractivity contribution in [2.45, 2.75) is 40.0 Å². The molecule has 0 aliphatic heterocycles. The van der Waals surface area contributed by atoms with E-state index >= 15 is 0 Å². The van der Waals surface area contributed by atoms with Crippen LogP contribution in [-0.2, 0) is 4.79 Å². The topological polar surface area (TPSA) is 79.3 Å². The zero-order valence-electron chi connectivity index (χ0n) is 14.6. The molecule has 1 aromatic heterocycles. The van der Waals surface area contributed by atoms with Crippen molar-refractivity contribution in [2.24, 2.45) is 5.41 Å². The summed E-state index contributed by atoms with van der Waals surface area (Å²) in [6.07, 6.45) is 0.369. The van der Waals surface area contributed by atoms with Gasteiger partial charge in [-0.1, -0.05) is 32.0 Å². The molecule has 1 amide bonds. The van der Waals surface area contributed by atoms with Gasteiger partial charge in [0.05, 0.1) is 16.5 Å². The highest BCUT2D eigenvalue weighted by Crippen LogP contribution is 2.23. The fraction of sp³-hybridized carbons (Fsp3) is 0.421. The lowest BCUT2D eigenvalue weighted by molar-refractivity contribution is -0.147. The van der Waals surface area contributed by atoms with Gasteiger partial charge in [-0.15, -0.1) is 0 Å². The van der Waals surface area contributed by atoms with E-state index in [0.29, 0.717) is 18.5 Å². The summed E-state index contributed by atoms with van der Waals surface area (Å²) in [5.74, 6) is -0.850. The third-order valence-electron chi connectivity index (χ3n) is 4.19. The molecule has 0 radical (unpaired) electrons. The second-order valence-electron chi connectivity index (χ2n) is 6.96. The maximum Gasteiger partial charge on any atom is 0.309 e. The fourth-order valence-electron chi connectivity index (χ4n) is 2.37. The van der Waals surface area contributed by atoms with E-state index in [1.165, 1.54) is 0 Å². The van der Waals surface area contributed by atoms with Crippen LogP contribution >= 0.6 is 0 Å². The average molecular weight is 328 g/mol. The molecule has 128 valence electrons. The van der Waals surface area contributed by atoms with Crippen LogP contribution in [0.15, 0.2) is 30.3 Å². The SMILES string of the molecule is CC(C)c1cc(C(=O)NCCC(C)(C)C(=O)O)c2ccccc2n1. The zero-order chi connectivity index (χ0) is 17.9. The van der Waals surface area contributed by atoms with Crippen LogP contribution in [0.3, 0.4) is 0 Å². The molecule has 0 fully saturated rings. The highest BCUT2D eigenvalue weighted by atomic mass is 16.4. The van der Waals surface area contributed by atoms with Gasteiger partial charge in [0.25, 0.3) is 5.91 Å². The number of hydrogen-bond donors (Lipinski definition) is 2. The van der Waals surface area contributed by atoms with E-state index in [0.717, 1.165) is 16.6 Å². The molecule has 5 nitrogen and oxygen atoms in total. The largest absolute Gasteiger partial charge is 0.481 e. The van der Waals surface area contributed by atoms with E-state index in [9.17, 15) is 9.59 Å². The Kier molecular flexibility index (Phi) is 5.22. The van der Waals surface area contributed by atoms with Gasteiger partial charge in [0, 0.05) is 17.6 Å². The van der Waals surface area contributed by atoms with Crippen LogP contribution in [0.4, 0.5) is 0 Å². The van der Waals surface area contributed by atoms with Gasteiger partial charge in [0.2, 0.25) is 0 Å². The number of amides is 1. The molecule has 0 saturated heterocycles. The van der Waals surface area contributed by atoms with Crippen LogP contribution in [0.25, 0.3) is 10.9 Å². The highest BCUT2D eigenvalue weighted by molar-refractivity contribution is 6.06. The number of carbonyl (C=O) groups excluding carboxylic acids is 1. The molecule has 0 unspecified atom stereocenters. The van der Waals surface area contributed by atoms with Crippen LogP contribution in [-0.4, -0.2) is 28.5 Å². The normalized spacial score (nSPS) is 11.7. The Hall–Kier alpha value is -2.43. The minimum atomic E-state index is -0.867. The summed E-state index contributed by atoms with van der Waals surface area (Å²) in [4.78, 5) is 28.3. The Balaban J connectivity index is 2.24. The summed E-state index contributed by atoms with van der Waals surface area (Å²) in [5.41, 5.74) is 1.37. The van der Waals surface area contributed by atoms with E-state index in [2.05, 4.69) is 10.3 Å². The maximum atomic E-state index is 12.6. The molecule has 2 N–H and O–H groups in total. The van der Waals surface area contributed by atoms with Gasteiger partial charge in [-0.2, -0.15) is 0 Å². The molecule has 2 rings (SSSR count). The average Bonchev–Trinajstić information content (AvgIpc) is 2.53. The van der Waals surface area contributed by atoms with Crippen molar-refractivity contribution in [3.05, 3.63) is 41.6 Å². The number of fused-ring (bicyclic) bond motifs is 1. The Morgan fingerprint density at radius 1 is 1.25 bits per heavy atom. The van der Waals surface area contributed by atoms with Crippen LogP contribution < -0.4 is 5.32 Å². The first-order valence-corrected chi connectivity index (χ1v) is 8.13. The van der Waals surface area contributed by atoms with Crippen molar-refractivity contribution in [1.82, 2.24) is 10.3 Å². The summed E-state index contributed by atoms with van der Waals surface area (Å²) < 4.78 is 0. The Morgan fingerprint density at radius 3 is 2.54 bits per heavy atom. The van der Waals surface area contributed by atoms with E-state index < -0.39 is 11.4 Å². The first kappa shape index (κ1) is 17.9. The van der Waals surface area contributed by atoms with Gasteiger partial charge in [0.15, 0.2) is 0 Å². The van der Waals surface area contributed by atoms with E-state index in [1.807, 2.05) is 44.2 Å². The van der Waals surface area contributed by atoms with Crippen LogP contribution in [0, 0.1) is 5.41 Å². The molecule has 0 atom stereocenters. The standard InChI is InChI=1S/C19H24N2O3/c1-12(2)16-11-14(13-7-5-6-8-15(13)21-16)17(22)20-10-9-19(3,4)18(23)24/h5-8,11-12H,9-10H2,1-4H3,(H,20,22)(H,23,24). The number of benzene rings is 1. The van der Waals surface area contributed by atoms with E-state index in [1.54, 1.807) is 13.8 Å². The summed E-state index contributed by atoms with van der Waals surface area (Å²) >= 11 is 0. The predicted octanol–water partition coefficient (Wildman–Crippen LogP) is 3.59. The smallest absolute Gasteiger partial charge is 0.309 e. The number of carbonyl (C=O) groups is 2. The van der Waals surface area contributed by atoms with Crippen LogP contribution in [0.2, 0.25) is 0 Å². The number of carboxylic acid groups (broad SMARTS) is 1. The second kappa shape index (κ2) is 6.99. The van der Waals surface area contributed by atoms with Gasteiger partial charge in [-0.3, -0.25) is 14.6 Å². The quantitative estimate of drug-likeness (QED) is 0.849. The number of aliphatic carboxylic acids is 1. The molecule has 24 heavy (non-hydrogen) atoms. The summed E-state index contributed by atoms with van der Waals surface area (Å²) in [5, 5.41) is 12.8. The summed E-state index contributed by atoms with van der Waals surface area (Å²) in [7, 11) is 0. The lowest BCUT2D eigenvalue weighted by Gasteiger charge is -2.19. The van der Waals surface area contributed by atoms with Crippen molar-refractivity contribution in [1.29, 1.82) is 0 Å². The van der Waals surface area contributed by atoms with Crippen molar-refractivity contribution in [2.75, 3.05) is 6.54 Å². The third-order valence-corrected chi connectivity index (χ3v) is 4.19. The first-order chi connectivity index (χ1) is 11.2. The van der Waals surface area contributed by atoms with E-state index in [4.69, 9.17) is 5.11 Å². The minimum Gasteiger partial charge on any atom is -0.481 e. The molecule has 0 saturated carbocycles. The van der Waals surface area contributed by atoms with Crippen molar-refractivity contribution >= 4 is 22.8 Å². The number of para-hydroxylation sites is 1. The lowest BCUT2D eigenvalue weighted by atomic mass is 9.89. The minimum absolute atomic E-state index is 0.198. The molecule has 0 aliphatic rings. The van der Waals surface area contributed by atoms with Gasteiger partial charge in [-0.05, 0) is 38.3 Å². The van der Waals surface area contributed by atoms with Gasteiger partial charge >= 0.3 is 5.97 Å². The Morgan fingerprint density at radius 2 is 1.92 bits per heavy atom. The number of pyridine rings is 1. The molecule has 0 spiro atoms. The predicted molar refractivity (Wildman–Crippen MR) is 94.2 cm³/mol. The lowest BCUT2D eigenvalue weighted by Crippen LogP contribution is -2.32. The zero-order valence-corrected chi connectivity index (χ0v) is 14.6. The first-order valence-electron chi connectivity index (χ1n) is 8.13. The van der Waals surface area contributed by atoms with Gasteiger partial charge in [-0.25, -0.2) is 0 Å². The number of rotatable bonds is 6. The second-order valence-corrected chi connectivity index (χ2v) is 6.96. The molecule has 5 heteroatoms. The number of aromatic nitrogens is 1. The molecular weight excluding hydrogens is 304 g/mol. The van der Waals surface area contributed by atoms with Crippen LogP contribution in [0.5, 0.6) is 0 Å². The molecule has 0 aliphatic carbocycles. The molecule has 1 aromatic carbocycles. The summed E-state index contributed by atoms with van der Waals surface area (Å²) in [6, 6.07) is 9.37. The molecular formula is C19H24N2O3. The third kappa shape index (κ3) is 3.91. The monoisotopic (exact) mass is 328 g/mol. The number of hydrogen-bond acceptors (Lipinski definition) is 3.